The van der Waals surface area contributed by atoms with Gasteiger partial charge >= 0.3 is 5.97 Å². The molecule has 0 saturated carbocycles. The fourth-order valence-electron chi connectivity index (χ4n) is 2.84. The molecule has 0 radical (unpaired) electrons. The molecule has 2 rings (SSSR count). The molecule has 0 bridgehead atoms. The van der Waals surface area contributed by atoms with Crippen LogP contribution < -0.4 is 5.73 Å². The summed E-state index contributed by atoms with van der Waals surface area (Å²) < 4.78 is 2.26. The SMILES string of the molecule is CCc1cc(C(=O)O)cc2c(CCCN)cn(C(C)C)c12. The maximum absolute atomic E-state index is 11.4. The summed E-state index contributed by atoms with van der Waals surface area (Å²) in [7, 11) is 0. The van der Waals surface area contributed by atoms with Gasteiger partial charge in [0, 0.05) is 17.6 Å². The Kier molecular flexibility index (Phi) is 4.68. The third-order valence-electron chi connectivity index (χ3n) is 3.92. The fraction of sp³-hybridized carbons (Fsp3) is 0.471. The summed E-state index contributed by atoms with van der Waals surface area (Å²) in [4.78, 5) is 11.4. The van der Waals surface area contributed by atoms with Crippen LogP contribution >= 0.6 is 0 Å². The Morgan fingerprint density at radius 2 is 2.05 bits per heavy atom. The number of carboxylic acid groups (broad SMARTS) is 1. The Labute approximate surface area is 125 Å². The van der Waals surface area contributed by atoms with Crippen molar-refractivity contribution >= 4 is 16.9 Å². The summed E-state index contributed by atoms with van der Waals surface area (Å²) >= 11 is 0. The smallest absolute Gasteiger partial charge is 0.335 e. The Hall–Kier alpha value is -1.81. The first-order valence-electron chi connectivity index (χ1n) is 7.59. The average molecular weight is 288 g/mol. The van der Waals surface area contributed by atoms with Crippen molar-refractivity contribution < 1.29 is 9.90 Å². The van der Waals surface area contributed by atoms with Gasteiger partial charge in [0.2, 0.25) is 0 Å². The van der Waals surface area contributed by atoms with E-state index < -0.39 is 5.97 Å². The second kappa shape index (κ2) is 6.31. The number of fused-ring (bicyclic) bond motifs is 1. The third-order valence-corrected chi connectivity index (χ3v) is 3.92. The molecule has 0 saturated heterocycles. The van der Waals surface area contributed by atoms with Crippen LogP contribution in [0.15, 0.2) is 18.3 Å². The molecule has 0 aliphatic carbocycles. The van der Waals surface area contributed by atoms with Gasteiger partial charge in [-0.25, -0.2) is 4.79 Å². The van der Waals surface area contributed by atoms with E-state index in [1.807, 2.05) is 6.07 Å². The molecule has 114 valence electrons. The van der Waals surface area contributed by atoms with Gasteiger partial charge in [-0.1, -0.05) is 6.92 Å². The van der Waals surface area contributed by atoms with E-state index in [-0.39, 0.29) is 0 Å². The van der Waals surface area contributed by atoms with Crippen molar-refractivity contribution in [2.24, 2.45) is 5.73 Å². The molecule has 1 heterocycles. The number of benzene rings is 1. The van der Waals surface area contributed by atoms with Crippen LogP contribution in [-0.2, 0) is 12.8 Å². The highest BCUT2D eigenvalue weighted by molar-refractivity contribution is 5.96. The minimum atomic E-state index is -0.867. The molecule has 3 N–H and O–H groups in total. The molecular weight excluding hydrogens is 264 g/mol. The number of aryl methyl sites for hydroxylation is 2. The van der Waals surface area contributed by atoms with Crippen LogP contribution in [0.4, 0.5) is 0 Å². The molecule has 21 heavy (non-hydrogen) atoms. The number of aromatic carboxylic acids is 1. The molecule has 0 atom stereocenters. The van der Waals surface area contributed by atoms with E-state index >= 15 is 0 Å². The van der Waals surface area contributed by atoms with Crippen molar-refractivity contribution in [2.45, 2.75) is 46.1 Å². The van der Waals surface area contributed by atoms with Crippen molar-refractivity contribution in [1.82, 2.24) is 4.57 Å². The van der Waals surface area contributed by atoms with Gasteiger partial charge in [-0.15, -0.1) is 0 Å². The normalized spacial score (nSPS) is 11.5. The van der Waals surface area contributed by atoms with Crippen LogP contribution in [0.25, 0.3) is 10.9 Å². The zero-order valence-electron chi connectivity index (χ0n) is 13.0. The lowest BCUT2D eigenvalue weighted by Gasteiger charge is -2.12. The molecule has 0 aliphatic heterocycles. The highest BCUT2D eigenvalue weighted by Crippen LogP contribution is 2.30. The van der Waals surface area contributed by atoms with Crippen LogP contribution in [0, 0.1) is 0 Å². The van der Waals surface area contributed by atoms with Crippen LogP contribution in [-0.4, -0.2) is 22.2 Å². The predicted octanol–water partition coefficient (Wildman–Crippen LogP) is 3.37. The van der Waals surface area contributed by atoms with E-state index in [2.05, 4.69) is 31.5 Å². The number of carbonyl (C=O) groups is 1. The molecule has 2 aromatic rings. The topological polar surface area (TPSA) is 68.2 Å². The quantitative estimate of drug-likeness (QED) is 0.856. The molecule has 0 amide bonds. The fourth-order valence-corrected chi connectivity index (χ4v) is 2.84. The van der Waals surface area contributed by atoms with E-state index in [1.165, 1.54) is 11.1 Å². The molecule has 1 aromatic carbocycles. The highest BCUT2D eigenvalue weighted by atomic mass is 16.4. The third kappa shape index (κ3) is 2.95. The van der Waals surface area contributed by atoms with E-state index in [4.69, 9.17) is 5.73 Å². The zero-order valence-corrected chi connectivity index (χ0v) is 13.0. The van der Waals surface area contributed by atoms with Crippen LogP contribution in [0.2, 0.25) is 0 Å². The molecule has 1 aromatic heterocycles. The lowest BCUT2D eigenvalue weighted by atomic mass is 10.0. The average Bonchev–Trinajstić information content (AvgIpc) is 2.83. The van der Waals surface area contributed by atoms with Crippen molar-refractivity contribution in [3.8, 4) is 0 Å². The van der Waals surface area contributed by atoms with Crippen molar-refractivity contribution in [1.29, 1.82) is 0 Å². The predicted molar refractivity (Wildman–Crippen MR) is 86.0 cm³/mol. The van der Waals surface area contributed by atoms with Crippen LogP contribution in [0.1, 0.15) is 54.7 Å². The summed E-state index contributed by atoms with van der Waals surface area (Å²) in [6, 6.07) is 3.96. The Balaban J connectivity index is 2.73. The number of rotatable bonds is 6. The molecule has 4 heteroatoms. The molecule has 0 fully saturated rings. The van der Waals surface area contributed by atoms with Gasteiger partial charge in [-0.05, 0) is 62.9 Å². The highest BCUT2D eigenvalue weighted by Gasteiger charge is 2.16. The first-order valence-corrected chi connectivity index (χ1v) is 7.59. The minimum absolute atomic E-state index is 0.347. The summed E-state index contributed by atoms with van der Waals surface area (Å²) in [6.07, 6.45) is 4.79. The number of nitrogens with zero attached hydrogens (tertiary/aromatic N) is 1. The second-order valence-electron chi connectivity index (χ2n) is 5.74. The van der Waals surface area contributed by atoms with Crippen LogP contribution in [0.3, 0.4) is 0 Å². The molecule has 4 nitrogen and oxygen atoms in total. The largest absolute Gasteiger partial charge is 0.478 e. The maximum atomic E-state index is 11.4. The number of hydrogen-bond donors (Lipinski definition) is 2. The van der Waals surface area contributed by atoms with E-state index in [1.54, 1.807) is 6.07 Å². The molecular formula is C17H24N2O2. The van der Waals surface area contributed by atoms with E-state index in [0.29, 0.717) is 18.2 Å². The van der Waals surface area contributed by atoms with Gasteiger partial charge in [-0.2, -0.15) is 0 Å². The van der Waals surface area contributed by atoms with E-state index in [0.717, 1.165) is 30.2 Å². The van der Waals surface area contributed by atoms with Crippen molar-refractivity contribution in [3.05, 3.63) is 35.0 Å². The monoisotopic (exact) mass is 288 g/mol. The van der Waals surface area contributed by atoms with Gasteiger partial charge in [0.15, 0.2) is 0 Å². The molecule has 0 unspecified atom stereocenters. The number of nitrogens with two attached hydrogens (primary N) is 1. The zero-order chi connectivity index (χ0) is 15.6. The number of aromatic nitrogens is 1. The van der Waals surface area contributed by atoms with Crippen molar-refractivity contribution in [3.63, 3.8) is 0 Å². The Bertz CT molecular complexity index is 656. The molecule has 0 aliphatic rings. The Morgan fingerprint density at radius 1 is 1.33 bits per heavy atom. The van der Waals surface area contributed by atoms with Gasteiger partial charge in [-0.3, -0.25) is 0 Å². The summed E-state index contributed by atoms with van der Waals surface area (Å²) in [5.41, 5.74) is 9.45. The van der Waals surface area contributed by atoms with Gasteiger partial charge in [0.05, 0.1) is 11.1 Å². The lowest BCUT2D eigenvalue weighted by molar-refractivity contribution is 0.0697. The summed E-state index contributed by atoms with van der Waals surface area (Å²) in [5.74, 6) is -0.867. The first kappa shape index (κ1) is 15.6. The summed E-state index contributed by atoms with van der Waals surface area (Å²) in [5, 5.41) is 10.4. The summed E-state index contributed by atoms with van der Waals surface area (Å²) in [6.45, 7) is 7.01. The number of carboxylic acids is 1. The van der Waals surface area contributed by atoms with Gasteiger partial charge in [0.1, 0.15) is 0 Å². The first-order chi connectivity index (χ1) is 9.99. The van der Waals surface area contributed by atoms with Gasteiger partial charge in [0.25, 0.3) is 0 Å². The van der Waals surface area contributed by atoms with E-state index in [9.17, 15) is 9.90 Å². The standard InChI is InChI=1S/C17H24N2O2/c1-4-12-8-14(17(20)21)9-15-13(6-5-7-18)10-19(11(2)3)16(12)15/h8-11H,4-7,18H2,1-3H3,(H,20,21). The minimum Gasteiger partial charge on any atom is -0.478 e. The second-order valence-corrected chi connectivity index (χ2v) is 5.74. The maximum Gasteiger partial charge on any atom is 0.335 e. The van der Waals surface area contributed by atoms with Crippen LogP contribution in [0.5, 0.6) is 0 Å². The van der Waals surface area contributed by atoms with Crippen molar-refractivity contribution in [2.75, 3.05) is 6.54 Å². The van der Waals surface area contributed by atoms with Gasteiger partial charge < -0.3 is 15.4 Å². The lowest BCUT2D eigenvalue weighted by Crippen LogP contribution is -2.03. The Morgan fingerprint density at radius 3 is 2.57 bits per heavy atom. The molecule has 0 spiro atoms. The number of hydrogen-bond acceptors (Lipinski definition) is 2.